The van der Waals surface area contributed by atoms with Crippen molar-refractivity contribution in [3.8, 4) is 5.75 Å². The van der Waals surface area contributed by atoms with Gasteiger partial charge in [-0.25, -0.2) is 0 Å². The number of amides is 1. The number of aliphatic hydroxyl groups is 1. The van der Waals surface area contributed by atoms with E-state index in [1.165, 1.54) is 0 Å². The number of hydrogen-bond donors (Lipinski definition) is 2. The third-order valence-electron chi connectivity index (χ3n) is 7.44. The summed E-state index contributed by atoms with van der Waals surface area (Å²) >= 11 is 0. The average Bonchev–Trinajstić information content (AvgIpc) is 2.78. The number of phenols is 1. The summed E-state index contributed by atoms with van der Waals surface area (Å²) in [7, 11) is 2.11. The van der Waals surface area contributed by atoms with Gasteiger partial charge in [0.05, 0.1) is 6.10 Å². The maximum Gasteiger partial charge on any atom is 0.254 e. The summed E-state index contributed by atoms with van der Waals surface area (Å²) in [5.41, 5.74) is 1.51. The Bertz CT molecular complexity index is 932. The summed E-state index contributed by atoms with van der Waals surface area (Å²) < 4.78 is 0. The lowest BCUT2D eigenvalue weighted by Crippen LogP contribution is -2.61. The monoisotopic (exact) mass is 436 g/mol. The van der Waals surface area contributed by atoms with Gasteiger partial charge < -0.3 is 20.0 Å². The third kappa shape index (κ3) is 4.41. The summed E-state index contributed by atoms with van der Waals surface area (Å²) in [6.07, 6.45) is 1.79. The molecule has 2 N–H and O–H groups in total. The van der Waals surface area contributed by atoms with E-state index >= 15 is 0 Å². The highest BCUT2D eigenvalue weighted by Crippen LogP contribution is 2.50. The quantitative estimate of drug-likeness (QED) is 0.746. The molecule has 1 saturated carbocycles. The van der Waals surface area contributed by atoms with Crippen LogP contribution in [0.3, 0.4) is 0 Å². The first-order chi connectivity index (χ1) is 15.3. The molecule has 2 aromatic carbocycles. The molecule has 2 aromatic rings. The van der Waals surface area contributed by atoms with Crippen LogP contribution >= 0.6 is 0 Å². The van der Waals surface area contributed by atoms with Crippen LogP contribution in [0.15, 0.2) is 54.6 Å². The first-order valence-corrected chi connectivity index (χ1v) is 11.8. The largest absolute Gasteiger partial charge is 0.508 e. The second kappa shape index (κ2) is 9.24. The van der Waals surface area contributed by atoms with Crippen LogP contribution < -0.4 is 0 Å². The summed E-state index contributed by atoms with van der Waals surface area (Å²) in [4.78, 5) is 17.9. The van der Waals surface area contributed by atoms with E-state index in [9.17, 15) is 15.0 Å². The molecule has 1 aliphatic heterocycles. The van der Waals surface area contributed by atoms with Gasteiger partial charge in [0.25, 0.3) is 5.91 Å². The molecule has 1 amide bonds. The molecule has 0 spiro atoms. The molecule has 1 unspecified atom stereocenters. The minimum atomic E-state index is -0.503. The summed E-state index contributed by atoms with van der Waals surface area (Å²) in [5.74, 6) is 0.693. The molecule has 1 aliphatic carbocycles. The van der Waals surface area contributed by atoms with Gasteiger partial charge in [-0.1, -0.05) is 44.2 Å². The number of rotatable bonds is 5. The molecule has 5 heteroatoms. The van der Waals surface area contributed by atoms with Crippen molar-refractivity contribution in [3.63, 3.8) is 0 Å². The van der Waals surface area contributed by atoms with Crippen LogP contribution in [0, 0.1) is 11.8 Å². The minimum absolute atomic E-state index is 0.0361. The van der Waals surface area contributed by atoms with E-state index in [-0.39, 0.29) is 29.0 Å². The fourth-order valence-electron chi connectivity index (χ4n) is 5.93. The summed E-state index contributed by atoms with van der Waals surface area (Å²) in [5, 5.41) is 21.6. The molecule has 172 valence electrons. The van der Waals surface area contributed by atoms with Gasteiger partial charge in [0.1, 0.15) is 5.75 Å². The Morgan fingerprint density at radius 2 is 1.94 bits per heavy atom. The van der Waals surface area contributed by atoms with E-state index in [4.69, 9.17) is 0 Å². The van der Waals surface area contributed by atoms with E-state index in [0.717, 1.165) is 31.5 Å². The SMILES string of the molecule is CC(C)CN(C(=O)c1ccccc1)[C@H]1CC(O)[C@@H]2CN(C)CC[C@@]2(c2cccc(O)c2)C1. The van der Waals surface area contributed by atoms with Crippen molar-refractivity contribution >= 4 is 5.91 Å². The fourth-order valence-corrected chi connectivity index (χ4v) is 5.93. The van der Waals surface area contributed by atoms with Gasteiger partial charge >= 0.3 is 0 Å². The van der Waals surface area contributed by atoms with Gasteiger partial charge in [-0.15, -0.1) is 0 Å². The minimum Gasteiger partial charge on any atom is -0.508 e. The lowest BCUT2D eigenvalue weighted by Gasteiger charge is -2.56. The maximum absolute atomic E-state index is 13.6. The molecule has 2 fully saturated rings. The van der Waals surface area contributed by atoms with Gasteiger partial charge in [0.2, 0.25) is 0 Å². The molecule has 1 saturated heterocycles. The van der Waals surface area contributed by atoms with Crippen molar-refractivity contribution in [1.82, 2.24) is 9.80 Å². The molecule has 32 heavy (non-hydrogen) atoms. The molecule has 4 atom stereocenters. The summed E-state index contributed by atoms with van der Waals surface area (Å²) in [6, 6.07) is 17.0. The normalized spacial score (nSPS) is 28.3. The Labute approximate surface area is 191 Å². The number of phenolic OH excluding ortho intramolecular Hbond substituents is 1. The highest BCUT2D eigenvalue weighted by Gasteiger charge is 2.53. The zero-order valence-corrected chi connectivity index (χ0v) is 19.4. The van der Waals surface area contributed by atoms with Gasteiger partial charge in [0, 0.05) is 36.0 Å². The van der Waals surface area contributed by atoms with E-state index in [1.807, 2.05) is 47.4 Å². The van der Waals surface area contributed by atoms with Crippen molar-refractivity contribution in [2.75, 3.05) is 26.7 Å². The molecule has 0 aromatic heterocycles. The molecule has 2 aliphatic rings. The smallest absolute Gasteiger partial charge is 0.254 e. The molecule has 0 radical (unpaired) electrons. The van der Waals surface area contributed by atoms with Crippen LogP contribution in [0.25, 0.3) is 0 Å². The Morgan fingerprint density at radius 1 is 1.19 bits per heavy atom. The van der Waals surface area contributed by atoms with Gasteiger partial charge in [-0.3, -0.25) is 4.79 Å². The fraction of sp³-hybridized carbons (Fsp3) is 0.519. The second-order valence-corrected chi connectivity index (χ2v) is 10.2. The zero-order chi connectivity index (χ0) is 22.9. The van der Waals surface area contributed by atoms with E-state index in [1.54, 1.807) is 6.07 Å². The van der Waals surface area contributed by atoms with Gasteiger partial charge in [-0.2, -0.15) is 0 Å². The van der Waals surface area contributed by atoms with Crippen LogP contribution in [0.5, 0.6) is 5.75 Å². The standard InChI is InChI=1S/C27H36N2O3/c1-19(2)17-29(26(32)20-8-5-4-6-9-20)22-15-25(31)24-18-28(3)13-12-27(24,16-22)21-10-7-11-23(30)14-21/h4-11,14,19,22,24-25,30-31H,12-13,15-18H2,1-3H3/t22-,24-,25?,27-/m0/s1. The number of fused-ring (bicyclic) bond motifs is 1. The number of nitrogens with zero attached hydrogens (tertiary/aromatic N) is 2. The third-order valence-corrected chi connectivity index (χ3v) is 7.44. The van der Waals surface area contributed by atoms with E-state index < -0.39 is 6.10 Å². The first kappa shape index (κ1) is 22.8. The number of hydrogen-bond acceptors (Lipinski definition) is 4. The number of carbonyl (C=O) groups is 1. The summed E-state index contributed by atoms with van der Waals surface area (Å²) in [6.45, 7) is 6.68. The molecule has 1 heterocycles. The predicted molar refractivity (Wildman–Crippen MR) is 127 cm³/mol. The number of carbonyl (C=O) groups excluding carboxylic acids is 1. The Hall–Kier alpha value is -2.37. The number of likely N-dealkylation sites (tertiary alicyclic amines) is 1. The van der Waals surface area contributed by atoms with Crippen molar-refractivity contribution in [1.29, 1.82) is 0 Å². The Balaban J connectivity index is 1.73. The van der Waals surface area contributed by atoms with Gasteiger partial charge in [0.15, 0.2) is 0 Å². The lowest BCUT2D eigenvalue weighted by atomic mass is 9.56. The number of piperidine rings is 1. The van der Waals surface area contributed by atoms with Crippen LogP contribution in [0.4, 0.5) is 0 Å². The maximum atomic E-state index is 13.6. The topological polar surface area (TPSA) is 64.0 Å². The molecule has 0 bridgehead atoms. The Kier molecular flexibility index (Phi) is 6.59. The average molecular weight is 437 g/mol. The van der Waals surface area contributed by atoms with Crippen molar-refractivity contribution < 1.29 is 15.0 Å². The van der Waals surface area contributed by atoms with Crippen LogP contribution in [-0.4, -0.2) is 64.7 Å². The number of benzene rings is 2. The van der Waals surface area contributed by atoms with Crippen molar-refractivity contribution in [2.24, 2.45) is 11.8 Å². The predicted octanol–water partition coefficient (Wildman–Crippen LogP) is 3.90. The van der Waals surface area contributed by atoms with E-state index in [0.29, 0.717) is 24.4 Å². The van der Waals surface area contributed by atoms with Gasteiger partial charge in [-0.05, 0) is 68.6 Å². The highest BCUT2D eigenvalue weighted by atomic mass is 16.3. The lowest BCUT2D eigenvalue weighted by molar-refractivity contribution is -0.0606. The molecular weight excluding hydrogens is 400 g/mol. The zero-order valence-electron chi connectivity index (χ0n) is 19.4. The second-order valence-electron chi connectivity index (χ2n) is 10.2. The van der Waals surface area contributed by atoms with Crippen LogP contribution in [-0.2, 0) is 5.41 Å². The van der Waals surface area contributed by atoms with Crippen LogP contribution in [0.1, 0.15) is 49.0 Å². The Morgan fingerprint density at radius 3 is 2.62 bits per heavy atom. The number of aromatic hydroxyl groups is 1. The molecule has 5 nitrogen and oxygen atoms in total. The number of aliphatic hydroxyl groups excluding tert-OH is 1. The van der Waals surface area contributed by atoms with Crippen molar-refractivity contribution in [3.05, 3.63) is 65.7 Å². The first-order valence-electron chi connectivity index (χ1n) is 11.8. The van der Waals surface area contributed by atoms with E-state index in [2.05, 4.69) is 31.9 Å². The van der Waals surface area contributed by atoms with Crippen molar-refractivity contribution in [2.45, 2.75) is 50.7 Å². The highest BCUT2D eigenvalue weighted by molar-refractivity contribution is 5.94. The molecule has 4 rings (SSSR count). The molecular formula is C27H36N2O3. The van der Waals surface area contributed by atoms with Crippen LogP contribution in [0.2, 0.25) is 0 Å².